The Bertz CT molecular complexity index is 139. The monoisotopic (exact) mass is 287 g/mol. The fourth-order valence-corrected chi connectivity index (χ4v) is 1.65. The second-order valence-electron chi connectivity index (χ2n) is 3.35. The van der Waals surface area contributed by atoms with Crippen LogP contribution >= 0.6 is 15.9 Å². The molecule has 0 spiro atoms. The Morgan fingerprint density at radius 3 is 2.53 bits per heavy atom. The zero-order chi connectivity index (χ0) is 11.5. The predicted molar refractivity (Wildman–Crippen MR) is 62.0 cm³/mol. The molecule has 0 aromatic heterocycles. The molecule has 15 heavy (non-hydrogen) atoms. The number of rotatable bonds is 10. The smallest absolute Gasteiger partial charge is 0.251 e. The molecule has 92 valence electrons. The maximum absolute atomic E-state index is 12.1. The van der Waals surface area contributed by atoms with Gasteiger partial charge in [0.2, 0.25) is 0 Å². The van der Waals surface area contributed by atoms with Gasteiger partial charge in [-0.3, -0.25) is 4.90 Å². The van der Waals surface area contributed by atoms with Crippen LogP contribution in [-0.4, -0.2) is 49.5 Å². The number of hydrogen-bond donors (Lipinski definition) is 0. The van der Waals surface area contributed by atoms with Crippen molar-refractivity contribution in [2.75, 3.05) is 38.2 Å². The summed E-state index contributed by atoms with van der Waals surface area (Å²) in [5.74, 6) is 0. The Hall–Kier alpha value is 0.260. The van der Waals surface area contributed by atoms with E-state index in [1.807, 2.05) is 0 Å². The molecule has 0 heterocycles. The topological polar surface area (TPSA) is 12.5 Å². The average molecular weight is 288 g/mol. The van der Waals surface area contributed by atoms with Crippen LogP contribution in [0.2, 0.25) is 0 Å². The molecule has 0 saturated heterocycles. The molecule has 0 aliphatic rings. The summed E-state index contributed by atoms with van der Waals surface area (Å²) in [6, 6.07) is 0. The summed E-state index contributed by atoms with van der Waals surface area (Å²) in [4.78, 5) is 1.71. The van der Waals surface area contributed by atoms with Gasteiger partial charge < -0.3 is 4.74 Å². The number of unbranched alkanes of at least 4 members (excludes halogenated alkanes) is 1. The Morgan fingerprint density at radius 2 is 2.00 bits per heavy atom. The van der Waals surface area contributed by atoms with Crippen LogP contribution in [0.4, 0.5) is 8.78 Å². The van der Waals surface area contributed by atoms with E-state index in [2.05, 4.69) is 22.9 Å². The molecule has 0 bridgehead atoms. The molecule has 0 aromatic carbocycles. The van der Waals surface area contributed by atoms with Gasteiger partial charge in [-0.05, 0) is 6.42 Å². The van der Waals surface area contributed by atoms with Gasteiger partial charge in [-0.2, -0.15) is 0 Å². The molecule has 0 N–H and O–H groups in total. The number of nitrogens with zero attached hydrogens (tertiary/aromatic N) is 1. The van der Waals surface area contributed by atoms with E-state index >= 15 is 0 Å². The van der Waals surface area contributed by atoms with Crippen molar-refractivity contribution in [3.8, 4) is 0 Å². The van der Waals surface area contributed by atoms with Crippen molar-refractivity contribution in [1.82, 2.24) is 4.90 Å². The van der Waals surface area contributed by atoms with Crippen LogP contribution < -0.4 is 0 Å². The standard InChI is InChI=1S/C10H20BrF2NO/c1-2-3-7-15-8-6-14(5-4-11)9-10(12)13/h10H,2-9H2,1H3. The lowest BCUT2D eigenvalue weighted by atomic mass is 10.4. The van der Waals surface area contributed by atoms with Crippen molar-refractivity contribution in [3.05, 3.63) is 0 Å². The van der Waals surface area contributed by atoms with E-state index in [0.717, 1.165) is 19.4 Å². The summed E-state index contributed by atoms with van der Waals surface area (Å²) >= 11 is 3.25. The Labute approximate surface area is 99.1 Å². The summed E-state index contributed by atoms with van der Waals surface area (Å²) in [7, 11) is 0. The lowest BCUT2D eigenvalue weighted by Gasteiger charge is -2.20. The largest absolute Gasteiger partial charge is 0.380 e. The SMILES string of the molecule is CCCCOCCN(CCBr)CC(F)F. The molecule has 0 saturated carbocycles. The normalized spacial score (nSPS) is 11.6. The molecule has 0 rings (SSSR count). The molecule has 0 unspecified atom stereocenters. The summed E-state index contributed by atoms with van der Waals surface area (Å²) in [5.41, 5.74) is 0. The first kappa shape index (κ1) is 15.3. The fraction of sp³-hybridized carbons (Fsp3) is 1.00. The van der Waals surface area contributed by atoms with E-state index < -0.39 is 6.43 Å². The molecule has 2 nitrogen and oxygen atoms in total. The average Bonchev–Trinajstić information content (AvgIpc) is 2.17. The predicted octanol–water partition coefficient (Wildman–Crippen LogP) is 2.77. The Kier molecular flexibility index (Phi) is 11.0. The van der Waals surface area contributed by atoms with Crippen LogP contribution in [0.3, 0.4) is 0 Å². The zero-order valence-corrected chi connectivity index (χ0v) is 10.8. The molecular weight excluding hydrogens is 268 g/mol. The van der Waals surface area contributed by atoms with E-state index in [1.165, 1.54) is 0 Å². The number of alkyl halides is 3. The Balaban J connectivity index is 3.47. The van der Waals surface area contributed by atoms with Crippen LogP contribution in [0.1, 0.15) is 19.8 Å². The van der Waals surface area contributed by atoms with Crippen LogP contribution in [0.5, 0.6) is 0 Å². The van der Waals surface area contributed by atoms with Gasteiger partial charge in [-0.25, -0.2) is 8.78 Å². The zero-order valence-electron chi connectivity index (χ0n) is 9.22. The summed E-state index contributed by atoms with van der Waals surface area (Å²) in [6.45, 7) is 4.42. The highest BCUT2D eigenvalue weighted by molar-refractivity contribution is 9.09. The van der Waals surface area contributed by atoms with Crippen LogP contribution in [0.15, 0.2) is 0 Å². The van der Waals surface area contributed by atoms with Crippen molar-refractivity contribution in [3.63, 3.8) is 0 Å². The molecule has 0 fully saturated rings. The second-order valence-corrected chi connectivity index (χ2v) is 4.14. The van der Waals surface area contributed by atoms with Gasteiger partial charge in [0.25, 0.3) is 6.43 Å². The molecule has 0 aliphatic carbocycles. The van der Waals surface area contributed by atoms with Gasteiger partial charge in [0.05, 0.1) is 13.2 Å². The third kappa shape index (κ3) is 10.5. The third-order valence-electron chi connectivity index (χ3n) is 1.99. The van der Waals surface area contributed by atoms with Gasteiger partial charge in [-0.1, -0.05) is 29.3 Å². The molecule has 0 aliphatic heterocycles. The van der Waals surface area contributed by atoms with Crippen molar-refractivity contribution in [2.45, 2.75) is 26.2 Å². The summed E-state index contributed by atoms with van der Waals surface area (Å²) in [6.07, 6.45) is -0.130. The third-order valence-corrected chi connectivity index (χ3v) is 2.35. The minimum atomic E-state index is -2.26. The highest BCUT2D eigenvalue weighted by Crippen LogP contribution is 1.99. The molecule has 0 radical (unpaired) electrons. The highest BCUT2D eigenvalue weighted by Gasteiger charge is 2.10. The van der Waals surface area contributed by atoms with E-state index in [9.17, 15) is 8.78 Å². The first-order valence-corrected chi connectivity index (χ1v) is 6.47. The van der Waals surface area contributed by atoms with E-state index in [-0.39, 0.29) is 6.54 Å². The highest BCUT2D eigenvalue weighted by atomic mass is 79.9. The fourth-order valence-electron chi connectivity index (χ4n) is 1.15. The summed E-state index contributed by atoms with van der Waals surface area (Å²) < 4.78 is 29.6. The first-order valence-electron chi connectivity index (χ1n) is 5.35. The van der Waals surface area contributed by atoms with Gasteiger partial charge in [0.1, 0.15) is 0 Å². The van der Waals surface area contributed by atoms with Crippen molar-refractivity contribution < 1.29 is 13.5 Å². The molecule has 0 amide bonds. The molecule has 0 aromatic rings. The van der Waals surface area contributed by atoms with E-state index in [1.54, 1.807) is 4.90 Å². The number of ether oxygens (including phenoxy) is 1. The first-order chi connectivity index (χ1) is 7.20. The van der Waals surface area contributed by atoms with E-state index in [0.29, 0.717) is 25.0 Å². The maximum Gasteiger partial charge on any atom is 0.251 e. The second kappa shape index (κ2) is 10.8. The number of halogens is 3. The maximum atomic E-state index is 12.1. The molecular formula is C10H20BrF2NO. The minimum absolute atomic E-state index is 0.164. The Morgan fingerprint density at radius 1 is 1.27 bits per heavy atom. The van der Waals surface area contributed by atoms with E-state index in [4.69, 9.17) is 4.74 Å². The van der Waals surface area contributed by atoms with Gasteiger partial charge in [0.15, 0.2) is 0 Å². The lowest BCUT2D eigenvalue weighted by Crippen LogP contribution is -2.33. The minimum Gasteiger partial charge on any atom is -0.380 e. The van der Waals surface area contributed by atoms with Crippen LogP contribution in [-0.2, 0) is 4.74 Å². The summed E-state index contributed by atoms with van der Waals surface area (Å²) in [5, 5.41) is 0.717. The van der Waals surface area contributed by atoms with Gasteiger partial charge in [0, 0.05) is 25.0 Å². The lowest BCUT2D eigenvalue weighted by molar-refractivity contribution is 0.0615. The number of hydrogen-bond acceptors (Lipinski definition) is 2. The van der Waals surface area contributed by atoms with Gasteiger partial charge in [-0.15, -0.1) is 0 Å². The van der Waals surface area contributed by atoms with Crippen molar-refractivity contribution in [1.29, 1.82) is 0 Å². The van der Waals surface area contributed by atoms with Crippen molar-refractivity contribution in [2.24, 2.45) is 0 Å². The van der Waals surface area contributed by atoms with Crippen LogP contribution in [0.25, 0.3) is 0 Å². The molecule has 0 atom stereocenters. The quantitative estimate of drug-likeness (QED) is 0.453. The van der Waals surface area contributed by atoms with Gasteiger partial charge >= 0.3 is 0 Å². The van der Waals surface area contributed by atoms with Crippen LogP contribution in [0, 0.1) is 0 Å². The van der Waals surface area contributed by atoms with Crippen molar-refractivity contribution >= 4 is 15.9 Å². The molecule has 5 heteroatoms.